The Morgan fingerprint density at radius 3 is 1.48 bits per heavy atom. The number of hydrogen-bond acceptors (Lipinski definition) is 0. The molecule has 160 valence electrons. The third-order valence-corrected chi connectivity index (χ3v) is 6.21. The fraction of sp³-hybridized carbons (Fsp3) is 0. The molecule has 1 aliphatic carbocycles. The van der Waals surface area contributed by atoms with Crippen molar-refractivity contribution < 1.29 is 22.0 Å². The van der Waals surface area contributed by atoms with E-state index in [-0.39, 0.29) is 5.56 Å². The zero-order chi connectivity index (χ0) is 22.9. The fourth-order valence-corrected chi connectivity index (χ4v) is 4.83. The molecule has 0 aromatic heterocycles. The third-order valence-electron chi connectivity index (χ3n) is 6.21. The van der Waals surface area contributed by atoms with E-state index in [4.69, 9.17) is 0 Å². The third kappa shape index (κ3) is 2.62. The number of rotatable bonds is 2. The highest BCUT2D eigenvalue weighted by Crippen LogP contribution is 2.55. The lowest BCUT2D eigenvalue weighted by molar-refractivity contribution is 0.381. The van der Waals surface area contributed by atoms with Gasteiger partial charge in [-0.2, -0.15) is 0 Å². The first kappa shape index (κ1) is 19.7. The van der Waals surface area contributed by atoms with Crippen LogP contribution < -0.4 is 0 Å². The van der Waals surface area contributed by atoms with E-state index >= 15 is 0 Å². The Labute approximate surface area is 185 Å². The van der Waals surface area contributed by atoms with Gasteiger partial charge in [0.25, 0.3) is 0 Å². The first-order valence-corrected chi connectivity index (χ1v) is 10.3. The highest BCUT2D eigenvalue weighted by atomic mass is 19.2. The molecule has 0 atom stereocenters. The van der Waals surface area contributed by atoms with Crippen LogP contribution in [0.4, 0.5) is 22.0 Å². The molecule has 5 aromatic rings. The van der Waals surface area contributed by atoms with Crippen LogP contribution in [0.1, 0.15) is 0 Å². The largest absolute Gasteiger partial charge is 0.203 e. The average Bonchev–Trinajstić information content (AvgIpc) is 3.19. The normalized spacial score (nSPS) is 11.8. The lowest BCUT2D eigenvalue weighted by Gasteiger charge is -2.17. The van der Waals surface area contributed by atoms with Crippen molar-refractivity contribution >= 4 is 10.8 Å². The summed E-state index contributed by atoms with van der Waals surface area (Å²) >= 11 is 0. The molecular weight excluding hydrogens is 431 g/mol. The van der Waals surface area contributed by atoms with Crippen LogP contribution in [-0.4, -0.2) is 0 Å². The van der Waals surface area contributed by atoms with Crippen LogP contribution in [0.3, 0.4) is 0 Å². The molecule has 0 unspecified atom stereocenters. The Morgan fingerprint density at radius 1 is 0.364 bits per heavy atom. The zero-order valence-electron chi connectivity index (χ0n) is 16.9. The van der Waals surface area contributed by atoms with Gasteiger partial charge in [-0.15, -0.1) is 0 Å². The van der Waals surface area contributed by atoms with Gasteiger partial charge in [-0.1, -0.05) is 78.9 Å². The second-order valence-corrected chi connectivity index (χ2v) is 7.93. The maximum absolute atomic E-state index is 14.9. The van der Waals surface area contributed by atoms with E-state index in [9.17, 15) is 22.0 Å². The molecule has 0 radical (unpaired) electrons. The van der Waals surface area contributed by atoms with Crippen molar-refractivity contribution in [3.63, 3.8) is 0 Å². The van der Waals surface area contributed by atoms with Crippen molar-refractivity contribution in [3.05, 3.63) is 108 Å². The fourth-order valence-electron chi connectivity index (χ4n) is 4.83. The van der Waals surface area contributed by atoms with Gasteiger partial charge in [0, 0.05) is 0 Å². The molecule has 0 aliphatic heterocycles. The van der Waals surface area contributed by atoms with Gasteiger partial charge < -0.3 is 0 Å². The van der Waals surface area contributed by atoms with Crippen LogP contribution >= 0.6 is 0 Å². The summed E-state index contributed by atoms with van der Waals surface area (Å²) in [5.41, 5.74) is 3.41. The average molecular weight is 444 g/mol. The maximum atomic E-state index is 14.9. The van der Waals surface area contributed by atoms with Crippen molar-refractivity contribution in [2.75, 3.05) is 0 Å². The molecule has 33 heavy (non-hydrogen) atoms. The molecule has 5 heteroatoms. The summed E-state index contributed by atoms with van der Waals surface area (Å²) in [6.07, 6.45) is 0. The standard InChI is InChI=1S/C28H13F5/c29-24-23(25(30)27(32)28(33)26(24)31)19-13-12-16(14-6-2-1-3-7-14)21-17-10-4-8-15-9-5-11-18(20(15)17)22(19)21/h1-13H. The van der Waals surface area contributed by atoms with E-state index < -0.39 is 34.6 Å². The SMILES string of the molecule is Fc1c(F)c(F)c(-c2ccc(-c3ccccc3)c3c2-c2cccc4cccc-3c24)c(F)c1F. The Kier molecular flexibility index (Phi) is 4.18. The van der Waals surface area contributed by atoms with Crippen LogP contribution in [0.15, 0.2) is 78.9 Å². The minimum absolute atomic E-state index is 0.0406. The van der Waals surface area contributed by atoms with Crippen LogP contribution in [0.2, 0.25) is 0 Å². The molecule has 5 aromatic carbocycles. The second-order valence-electron chi connectivity index (χ2n) is 7.93. The molecule has 0 N–H and O–H groups in total. The van der Waals surface area contributed by atoms with Crippen LogP contribution in [0.25, 0.3) is 55.3 Å². The van der Waals surface area contributed by atoms with Crippen molar-refractivity contribution in [3.8, 4) is 44.5 Å². The second kappa shape index (κ2) is 7.01. The molecule has 6 rings (SSSR count). The van der Waals surface area contributed by atoms with Gasteiger partial charge in [0.15, 0.2) is 23.3 Å². The maximum Gasteiger partial charge on any atom is 0.200 e. The Morgan fingerprint density at radius 2 is 0.879 bits per heavy atom. The lowest BCUT2D eigenvalue weighted by Crippen LogP contribution is -2.05. The van der Waals surface area contributed by atoms with Gasteiger partial charge in [-0.25, -0.2) is 22.0 Å². The molecule has 0 saturated carbocycles. The molecule has 0 heterocycles. The van der Waals surface area contributed by atoms with Crippen molar-refractivity contribution in [2.24, 2.45) is 0 Å². The van der Waals surface area contributed by atoms with Crippen LogP contribution in [0.5, 0.6) is 0 Å². The Bertz CT molecular complexity index is 1570. The quantitative estimate of drug-likeness (QED) is 0.143. The predicted molar refractivity (Wildman–Crippen MR) is 119 cm³/mol. The van der Waals surface area contributed by atoms with E-state index in [1.165, 1.54) is 6.07 Å². The molecular formula is C28H13F5. The minimum atomic E-state index is -2.17. The Hall–Kier alpha value is -3.99. The van der Waals surface area contributed by atoms with Gasteiger partial charge in [0.1, 0.15) is 0 Å². The summed E-state index contributed by atoms with van der Waals surface area (Å²) in [7, 11) is 0. The van der Waals surface area contributed by atoms with E-state index in [1.54, 1.807) is 6.07 Å². The highest BCUT2D eigenvalue weighted by Gasteiger charge is 2.32. The number of benzene rings is 5. The highest BCUT2D eigenvalue weighted by molar-refractivity contribution is 6.20. The van der Waals surface area contributed by atoms with Crippen LogP contribution in [0, 0.1) is 29.1 Å². The zero-order valence-corrected chi connectivity index (χ0v) is 16.9. The first-order valence-electron chi connectivity index (χ1n) is 10.3. The monoisotopic (exact) mass is 444 g/mol. The minimum Gasteiger partial charge on any atom is -0.203 e. The van der Waals surface area contributed by atoms with Gasteiger partial charge in [0.2, 0.25) is 5.82 Å². The molecule has 0 amide bonds. The van der Waals surface area contributed by atoms with Crippen molar-refractivity contribution in [2.45, 2.75) is 0 Å². The number of fused-ring (bicyclic) bond motifs is 3. The molecule has 0 spiro atoms. The van der Waals surface area contributed by atoms with Crippen molar-refractivity contribution in [1.29, 1.82) is 0 Å². The number of halogens is 5. The van der Waals surface area contributed by atoms with Gasteiger partial charge in [-0.3, -0.25) is 0 Å². The topological polar surface area (TPSA) is 0 Å². The van der Waals surface area contributed by atoms with E-state index in [0.717, 1.165) is 27.5 Å². The molecule has 0 bridgehead atoms. The smallest absolute Gasteiger partial charge is 0.200 e. The van der Waals surface area contributed by atoms with E-state index in [2.05, 4.69) is 0 Å². The summed E-state index contributed by atoms with van der Waals surface area (Å²) in [5.74, 6) is -9.78. The van der Waals surface area contributed by atoms with Crippen LogP contribution in [-0.2, 0) is 0 Å². The summed E-state index contributed by atoms with van der Waals surface area (Å²) in [6, 6.07) is 23.8. The molecule has 1 aliphatic rings. The lowest BCUT2D eigenvalue weighted by atomic mass is 9.87. The molecule has 0 fully saturated rings. The van der Waals surface area contributed by atoms with E-state index in [1.807, 2.05) is 66.7 Å². The summed E-state index contributed by atoms with van der Waals surface area (Å²) < 4.78 is 71.7. The predicted octanol–water partition coefficient (Wildman–Crippen LogP) is 8.52. The molecule has 0 nitrogen and oxygen atoms in total. The van der Waals surface area contributed by atoms with Gasteiger partial charge >= 0.3 is 0 Å². The summed E-state index contributed by atoms with van der Waals surface area (Å²) in [6.45, 7) is 0. The van der Waals surface area contributed by atoms with E-state index in [0.29, 0.717) is 16.7 Å². The van der Waals surface area contributed by atoms with Crippen molar-refractivity contribution in [1.82, 2.24) is 0 Å². The Balaban J connectivity index is 1.79. The summed E-state index contributed by atoms with van der Waals surface area (Å²) in [5, 5.41) is 1.80. The first-order chi connectivity index (χ1) is 16.0. The van der Waals surface area contributed by atoms with Gasteiger partial charge in [-0.05, 0) is 49.7 Å². The number of hydrogen-bond donors (Lipinski definition) is 0. The molecule has 0 saturated heterocycles. The summed E-state index contributed by atoms with van der Waals surface area (Å²) in [4.78, 5) is 0. The van der Waals surface area contributed by atoms with Gasteiger partial charge in [0.05, 0.1) is 5.56 Å².